The first-order chi connectivity index (χ1) is 9.33. The van der Waals surface area contributed by atoms with Crippen LogP contribution in [0.5, 0.6) is 5.75 Å². The van der Waals surface area contributed by atoms with Crippen LogP contribution < -0.4 is 5.32 Å². The summed E-state index contributed by atoms with van der Waals surface area (Å²) in [5.41, 5.74) is 1.14. The molecule has 2 aromatic carbocycles. The van der Waals surface area contributed by atoms with Gasteiger partial charge in [-0.05, 0) is 42.3 Å². The molecule has 2 nitrogen and oxygen atoms in total. The van der Waals surface area contributed by atoms with Crippen LogP contribution in [0.15, 0.2) is 36.4 Å². The molecule has 0 aliphatic heterocycles. The van der Waals surface area contributed by atoms with Gasteiger partial charge in [0.15, 0.2) is 0 Å². The van der Waals surface area contributed by atoms with Gasteiger partial charge in [0.1, 0.15) is 5.75 Å². The molecule has 0 aromatic heterocycles. The number of hydrogen-bond donors (Lipinski definition) is 2. The zero-order valence-corrected chi connectivity index (χ0v) is 11.2. The Morgan fingerprint density at radius 1 is 1.05 bits per heavy atom. The monoisotopic (exact) mass is 255 g/mol. The van der Waals surface area contributed by atoms with E-state index in [2.05, 4.69) is 23.5 Å². The van der Waals surface area contributed by atoms with Gasteiger partial charge in [-0.15, -0.1) is 0 Å². The number of phenols is 1. The fraction of sp³-hybridized carbons (Fsp3) is 0.412. The maximum absolute atomic E-state index is 9.64. The van der Waals surface area contributed by atoms with E-state index < -0.39 is 0 Å². The van der Waals surface area contributed by atoms with E-state index in [4.69, 9.17) is 0 Å². The maximum atomic E-state index is 9.64. The third-order valence-corrected chi connectivity index (χ3v) is 4.17. The normalized spacial score (nSPS) is 16.6. The van der Waals surface area contributed by atoms with Crippen LogP contribution in [-0.2, 0) is 0 Å². The van der Waals surface area contributed by atoms with Gasteiger partial charge < -0.3 is 10.4 Å². The van der Waals surface area contributed by atoms with Crippen LogP contribution in [0.1, 0.15) is 32.1 Å². The first-order valence-electron chi connectivity index (χ1n) is 7.28. The van der Waals surface area contributed by atoms with Crippen LogP contribution in [0.25, 0.3) is 10.8 Å². The van der Waals surface area contributed by atoms with Gasteiger partial charge in [-0.1, -0.05) is 37.5 Å². The topological polar surface area (TPSA) is 32.3 Å². The Hall–Kier alpha value is -1.70. The Labute approximate surface area is 114 Å². The molecule has 0 amide bonds. The van der Waals surface area contributed by atoms with Gasteiger partial charge in [0.25, 0.3) is 0 Å². The van der Waals surface area contributed by atoms with Gasteiger partial charge in [-0.3, -0.25) is 0 Å². The van der Waals surface area contributed by atoms with Crippen LogP contribution in [0, 0.1) is 5.92 Å². The van der Waals surface area contributed by atoms with E-state index in [0.717, 1.165) is 23.5 Å². The fourth-order valence-corrected chi connectivity index (χ4v) is 3.06. The minimum absolute atomic E-state index is 0.333. The second kappa shape index (κ2) is 5.52. The van der Waals surface area contributed by atoms with Crippen LogP contribution in [-0.4, -0.2) is 11.7 Å². The second-order valence-corrected chi connectivity index (χ2v) is 5.60. The molecule has 0 atom stereocenters. The lowest BCUT2D eigenvalue weighted by Gasteiger charge is -2.22. The Morgan fingerprint density at radius 2 is 1.89 bits per heavy atom. The molecule has 1 saturated carbocycles. The number of phenolic OH excluding ortho intramolecular Hbond substituents is 1. The van der Waals surface area contributed by atoms with Crippen LogP contribution >= 0.6 is 0 Å². The zero-order chi connectivity index (χ0) is 13.1. The minimum Gasteiger partial charge on any atom is -0.508 e. The van der Waals surface area contributed by atoms with E-state index in [1.54, 1.807) is 6.07 Å². The summed E-state index contributed by atoms with van der Waals surface area (Å²) in [5, 5.41) is 15.5. The molecular formula is C17H21NO. The molecule has 0 saturated heterocycles. The molecule has 2 aromatic rings. The number of aromatic hydroxyl groups is 1. The lowest BCUT2D eigenvalue weighted by molar-refractivity contribution is 0.373. The molecule has 3 rings (SSSR count). The predicted molar refractivity (Wildman–Crippen MR) is 80.7 cm³/mol. The molecule has 1 aliphatic carbocycles. The number of nitrogens with one attached hydrogen (secondary N) is 1. The molecule has 2 N–H and O–H groups in total. The largest absolute Gasteiger partial charge is 0.508 e. The van der Waals surface area contributed by atoms with Crippen molar-refractivity contribution in [2.45, 2.75) is 32.1 Å². The van der Waals surface area contributed by atoms with Crippen molar-refractivity contribution in [2.75, 3.05) is 11.9 Å². The first kappa shape index (κ1) is 12.3. The van der Waals surface area contributed by atoms with E-state index in [1.165, 1.54) is 37.5 Å². The molecule has 0 unspecified atom stereocenters. The molecule has 19 heavy (non-hydrogen) atoms. The Balaban J connectivity index is 1.78. The smallest absolute Gasteiger partial charge is 0.116 e. The SMILES string of the molecule is Oc1ccc2cccc(NCC3CCCCC3)c2c1. The number of hydrogen-bond acceptors (Lipinski definition) is 2. The summed E-state index contributed by atoms with van der Waals surface area (Å²) in [4.78, 5) is 0. The van der Waals surface area contributed by atoms with Gasteiger partial charge >= 0.3 is 0 Å². The van der Waals surface area contributed by atoms with Crippen molar-refractivity contribution in [3.8, 4) is 5.75 Å². The van der Waals surface area contributed by atoms with Crippen molar-refractivity contribution >= 4 is 16.5 Å². The molecule has 0 spiro atoms. The molecule has 1 aliphatic rings. The fourth-order valence-electron chi connectivity index (χ4n) is 3.06. The highest BCUT2D eigenvalue weighted by molar-refractivity contribution is 5.94. The Kier molecular flexibility index (Phi) is 3.58. The summed E-state index contributed by atoms with van der Waals surface area (Å²) in [6, 6.07) is 11.8. The number of rotatable bonds is 3. The van der Waals surface area contributed by atoms with Crippen molar-refractivity contribution < 1.29 is 5.11 Å². The molecule has 0 radical (unpaired) electrons. The van der Waals surface area contributed by atoms with Gasteiger partial charge in [0, 0.05) is 17.6 Å². The molecule has 1 fully saturated rings. The maximum Gasteiger partial charge on any atom is 0.116 e. The lowest BCUT2D eigenvalue weighted by atomic mass is 9.89. The van der Waals surface area contributed by atoms with Gasteiger partial charge in [0.2, 0.25) is 0 Å². The highest BCUT2D eigenvalue weighted by atomic mass is 16.3. The summed E-state index contributed by atoms with van der Waals surface area (Å²) in [5.74, 6) is 1.14. The van der Waals surface area contributed by atoms with Crippen molar-refractivity contribution in [3.63, 3.8) is 0 Å². The second-order valence-electron chi connectivity index (χ2n) is 5.60. The predicted octanol–water partition coefficient (Wildman–Crippen LogP) is 4.54. The summed E-state index contributed by atoms with van der Waals surface area (Å²) in [7, 11) is 0. The van der Waals surface area contributed by atoms with Gasteiger partial charge in [0.05, 0.1) is 0 Å². The minimum atomic E-state index is 0.333. The third-order valence-electron chi connectivity index (χ3n) is 4.17. The van der Waals surface area contributed by atoms with E-state index >= 15 is 0 Å². The van der Waals surface area contributed by atoms with E-state index in [1.807, 2.05) is 12.1 Å². The number of anilines is 1. The van der Waals surface area contributed by atoms with Crippen molar-refractivity contribution in [2.24, 2.45) is 5.92 Å². The number of benzene rings is 2. The lowest BCUT2D eigenvalue weighted by Crippen LogP contribution is -2.17. The molecule has 0 heterocycles. The molecule has 0 bridgehead atoms. The summed E-state index contributed by atoms with van der Waals surface area (Å²) in [6.07, 6.45) is 6.86. The van der Waals surface area contributed by atoms with Crippen LogP contribution in [0.2, 0.25) is 0 Å². The summed E-state index contributed by atoms with van der Waals surface area (Å²) in [6.45, 7) is 1.05. The summed E-state index contributed by atoms with van der Waals surface area (Å²) >= 11 is 0. The average molecular weight is 255 g/mol. The third kappa shape index (κ3) is 2.83. The quantitative estimate of drug-likeness (QED) is 0.844. The molecule has 2 heteroatoms. The van der Waals surface area contributed by atoms with E-state index in [0.29, 0.717) is 5.75 Å². The Bertz CT molecular complexity index is 558. The van der Waals surface area contributed by atoms with E-state index in [9.17, 15) is 5.11 Å². The zero-order valence-electron chi connectivity index (χ0n) is 11.2. The highest BCUT2D eigenvalue weighted by Crippen LogP contribution is 2.29. The van der Waals surface area contributed by atoms with Gasteiger partial charge in [-0.2, -0.15) is 0 Å². The van der Waals surface area contributed by atoms with Crippen molar-refractivity contribution in [1.82, 2.24) is 0 Å². The standard InChI is InChI=1S/C17H21NO/c19-15-10-9-14-7-4-8-17(16(14)11-15)18-12-13-5-2-1-3-6-13/h4,7-11,13,18-19H,1-3,5-6,12H2. The first-order valence-corrected chi connectivity index (χ1v) is 7.28. The molecular weight excluding hydrogens is 234 g/mol. The average Bonchev–Trinajstić information content (AvgIpc) is 2.46. The van der Waals surface area contributed by atoms with Crippen LogP contribution in [0.3, 0.4) is 0 Å². The van der Waals surface area contributed by atoms with Crippen molar-refractivity contribution in [3.05, 3.63) is 36.4 Å². The van der Waals surface area contributed by atoms with E-state index in [-0.39, 0.29) is 0 Å². The number of fused-ring (bicyclic) bond motifs is 1. The summed E-state index contributed by atoms with van der Waals surface area (Å²) < 4.78 is 0. The van der Waals surface area contributed by atoms with Gasteiger partial charge in [-0.25, -0.2) is 0 Å². The van der Waals surface area contributed by atoms with Crippen LogP contribution in [0.4, 0.5) is 5.69 Å². The molecule has 100 valence electrons. The van der Waals surface area contributed by atoms with Crippen molar-refractivity contribution in [1.29, 1.82) is 0 Å². The Morgan fingerprint density at radius 3 is 2.74 bits per heavy atom. The highest BCUT2D eigenvalue weighted by Gasteiger charge is 2.13.